The Kier molecular flexibility index (Phi) is 4.91. The van der Waals surface area contributed by atoms with Gasteiger partial charge in [0.15, 0.2) is 0 Å². The molecule has 0 saturated carbocycles. The lowest BCUT2D eigenvalue weighted by molar-refractivity contribution is -0.130. The van der Waals surface area contributed by atoms with Crippen molar-refractivity contribution in [1.82, 2.24) is 19.9 Å². The molecule has 0 spiro atoms. The first-order valence-corrected chi connectivity index (χ1v) is 9.36. The number of aryl methyl sites for hydroxylation is 1. The molecule has 0 bridgehead atoms. The number of carbonyl (C=O) groups excluding carboxylic acids is 1. The minimum absolute atomic E-state index is 0.212. The summed E-state index contributed by atoms with van der Waals surface area (Å²) in [6.45, 7) is 3.11. The fourth-order valence-corrected chi connectivity index (χ4v) is 3.67. The number of fused-ring (bicyclic) bond motifs is 1. The van der Waals surface area contributed by atoms with E-state index in [1.165, 1.54) is 17.3 Å². The Morgan fingerprint density at radius 2 is 2.04 bits per heavy atom. The minimum Gasteiger partial charge on any atom is -0.384 e. The third-order valence-corrected chi connectivity index (χ3v) is 5.13. The Labute approximate surface area is 158 Å². The van der Waals surface area contributed by atoms with Gasteiger partial charge in [-0.3, -0.25) is 4.79 Å². The number of H-pyrrole nitrogens is 1. The number of hydrogen-bond donors (Lipinski definition) is 2. The van der Waals surface area contributed by atoms with Crippen LogP contribution in [-0.4, -0.2) is 51.9 Å². The molecule has 0 radical (unpaired) electrons. The fraction of sp³-hybridized carbons (Fsp3) is 0.350. The largest absolute Gasteiger partial charge is 0.384 e. The van der Waals surface area contributed by atoms with Crippen molar-refractivity contribution >= 4 is 28.4 Å². The zero-order chi connectivity index (χ0) is 18.6. The molecule has 27 heavy (non-hydrogen) atoms. The van der Waals surface area contributed by atoms with Crippen LogP contribution in [0, 0.1) is 0 Å². The van der Waals surface area contributed by atoms with Crippen molar-refractivity contribution in [2.24, 2.45) is 0 Å². The Morgan fingerprint density at radius 3 is 2.93 bits per heavy atom. The molecule has 1 saturated heterocycles. The molecule has 3 aromatic rings. The number of carbonyl (C=O) groups is 1. The molecule has 7 heteroatoms. The van der Waals surface area contributed by atoms with Crippen molar-refractivity contribution in [2.75, 3.05) is 36.8 Å². The van der Waals surface area contributed by atoms with Crippen molar-refractivity contribution in [3.8, 4) is 0 Å². The second-order valence-corrected chi connectivity index (χ2v) is 6.88. The van der Waals surface area contributed by atoms with Gasteiger partial charge < -0.3 is 20.5 Å². The predicted molar refractivity (Wildman–Crippen MR) is 106 cm³/mol. The Morgan fingerprint density at radius 1 is 1.15 bits per heavy atom. The van der Waals surface area contributed by atoms with E-state index >= 15 is 0 Å². The molecule has 4 rings (SSSR count). The van der Waals surface area contributed by atoms with E-state index in [9.17, 15) is 4.79 Å². The highest BCUT2D eigenvalue weighted by atomic mass is 16.2. The molecule has 0 unspecified atom stereocenters. The van der Waals surface area contributed by atoms with Crippen LogP contribution in [0.25, 0.3) is 10.9 Å². The molecule has 0 atom stereocenters. The van der Waals surface area contributed by atoms with E-state index in [2.05, 4.69) is 32.0 Å². The number of hydrogen-bond acceptors (Lipinski definition) is 5. The van der Waals surface area contributed by atoms with E-state index in [4.69, 9.17) is 5.73 Å². The molecule has 1 fully saturated rings. The average Bonchev–Trinajstić information content (AvgIpc) is 2.93. The van der Waals surface area contributed by atoms with Crippen molar-refractivity contribution in [1.29, 1.82) is 0 Å². The average molecular weight is 364 g/mol. The number of aromatic nitrogens is 3. The van der Waals surface area contributed by atoms with Crippen LogP contribution in [0.2, 0.25) is 0 Å². The molecule has 3 N–H and O–H groups in total. The number of nitrogens with zero attached hydrogens (tertiary/aromatic N) is 4. The van der Waals surface area contributed by atoms with Crippen LogP contribution in [-0.2, 0) is 11.2 Å². The van der Waals surface area contributed by atoms with Gasteiger partial charge in [0.1, 0.15) is 18.0 Å². The van der Waals surface area contributed by atoms with Gasteiger partial charge in [-0.05, 0) is 24.5 Å². The zero-order valence-corrected chi connectivity index (χ0v) is 15.3. The van der Waals surface area contributed by atoms with Crippen molar-refractivity contribution in [2.45, 2.75) is 19.3 Å². The molecule has 140 valence electrons. The van der Waals surface area contributed by atoms with Crippen LogP contribution in [0.15, 0.2) is 42.9 Å². The van der Waals surface area contributed by atoms with Crippen LogP contribution >= 0.6 is 0 Å². The van der Waals surface area contributed by atoms with Crippen LogP contribution in [0.5, 0.6) is 0 Å². The lowest BCUT2D eigenvalue weighted by Crippen LogP contribution is -2.35. The fourth-order valence-electron chi connectivity index (χ4n) is 3.67. The van der Waals surface area contributed by atoms with Gasteiger partial charge in [-0.25, -0.2) is 9.97 Å². The molecule has 1 aliphatic heterocycles. The van der Waals surface area contributed by atoms with Crippen LogP contribution in [0.4, 0.5) is 11.6 Å². The number of para-hydroxylation sites is 1. The predicted octanol–water partition coefficient (Wildman–Crippen LogP) is 2.21. The van der Waals surface area contributed by atoms with Gasteiger partial charge in [0, 0.05) is 55.8 Å². The maximum absolute atomic E-state index is 12.7. The van der Waals surface area contributed by atoms with Crippen molar-refractivity contribution < 1.29 is 4.79 Å². The molecule has 1 aliphatic rings. The van der Waals surface area contributed by atoms with Gasteiger partial charge >= 0.3 is 0 Å². The molecule has 1 aromatic carbocycles. The number of nitrogens with two attached hydrogens (primary N) is 1. The first-order chi connectivity index (χ1) is 13.2. The third kappa shape index (κ3) is 3.86. The SMILES string of the molecule is Nc1cc(N2CCCN(C(=O)CCc3c[nH]c4ccccc34)CC2)ncn1. The normalized spacial score (nSPS) is 15.1. The standard InChI is InChI=1S/C20H24N6O/c21-18-12-19(24-14-23-18)25-8-3-9-26(11-10-25)20(27)7-6-15-13-22-17-5-2-1-4-16(15)17/h1-2,4-5,12-14,22H,3,6-11H2,(H2,21,23,24). The zero-order valence-electron chi connectivity index (χ0n) is 15.3. The molecule has 3 heterocycles. The first-order valence-electron chi connectivity index (χ1n) is 9.36. The number of amides is 1. The lowest BCUT2D eigenvalue weighted by Gasteiger charge is -2.23. The topological polar surface area (TPSA) is 91.1 Å². The number of nitrogen functional groups attached to an aromatic ring is 1. The van der Waals surface area contributed by atoms with E-state index < -0.39 is 0 Å². The van der Waals surface area contributed by atoms with Gasteiger partial charge in [0.25, 0.3) is 0 Å². The molecule has 0 aliphatic carbocycles. The maximum atomic E-state index is 12.7. The Bertz CT molecular complexity index is 937. The highest BCUT2D eigenvalue weighted by Crippen LogP contribution is 2.20. The molecule has 1 amide bonds. The summed E-state index contributed by atoms with van der Waals surface area (Å²) in [5.74, 6) is 1.51. The first kappa shape index (κ1) is 17.3. The van der Waals surface area contributed by atoms with Crippen molar-refractivity contribution in [3.05, 3.63) is 48.4 Å². The number of benzene rings is 1. The summed E-state index contributed by atoms with van der Waals surface area (Å²) >= 11 is 0. The van der Waals surface area contributed by atoms with E-state index in [-0.39, 0.29) is 5.91 Å². The molecular formula is C20H24N6O. The van der Waals surface area contributed by atoms with E-state index in [1.54, 1.807) is 6.07 Å². The van der Waals surface area contributed by atoms with Gasteiger partial charge in [0.2, 0.25) is 5.91 Å². The molecule has 2 aromatic heterocycles. The Hall–Kier alpha value is -3.09. The van der Waals surface area contributed by atoms with Crippen LogP contribution in [0.3, 0.4) is 0 Å². The van der Waals surface area contributed by atoms with Gasteiger partial charge in [-0.2, -0.15) is 0 Å². The second kappa shape index (κ2) is 7.65. The number of aromatic amines is 1. The summed E-state index contributed by atoms with van der Waals surface area (Å²) in [6.07, 6.45) is 5.71. The molecule has 7 nitrogen and oxygen atoms in total. The number of nitrogens with one attached hydrogen (secondary N) is 1. The minimum atomic E-state index is 0.212. The second-order valence-electron chi connectivity index (χ2n) is 6.88. The summed E-state index contributed by atoms with van der Waals surface area (Å²) in [7, 11) is 0. The van der Waals surface area contributed by atoms with E-state index in [1.807, 2.05) is 23.2 Å². The highest BCUT2D eigenvalue weighted by molar-refractivity contribution is 5.84. The monoisotopic (exact) mass is 364 g/mol. The number of anilines is 2. The van der Waals surface area contributed by atoms with Crippen LogP contribution in [0.1, 0.15) is 18.4 Å². The van der Waals surface area contributed by atoms with Gasteiger partial charge in [-0.15, -0.1) is 0 Å². The maximum Gasteiger partial charge on any atom is 0.222 e. The smallest absolute Gasteiger partial charge is 0.222 e. The summed E-state index contributed by atoms with van der Waals surface area (Å²) < 4.78 is 0. The van der Waals surface area contributed by atoms with Crippen LogP contribution < -0.4 is 10.6 Å². The Balaban J connectivity index is 1.35. The highest BCUT2D eigenvalue weighted by Gasteiger charge is 2.20. The number of rotatable bonds is 4. The van der Waals surface area contributed by atoms with Crippen molar-refractivity contribution in [3.63, 3.8) is 0 Å². The van der Waals surface area contributed by atoms with Gasteiger partial charge in [-0.1, -0.05) is 18.2 Å². The quantitative estimate of drug-likeness (QED) is 0.741. The van der Waals surface area contributed by atoms with Gasteiger partial charge in [0.05, 0.1) is 0 Å². The van der Waals surface area contributed by atoms with E-state index in [0.717, 1.165) is 43.8 Å². The lowest BCUT2D eigenvalue weighted by atomic mass is 10.1. The summed E-state index contributed by atoms with van der Waals surface area (Å²) in [5, 5.41) is 1.20. The summed E-state index contributed by atoms with van der Waals surface area (Å²) in [5.41, 5.74) is 8.08. The third-order valence-electron chi connectivity index (χ3n) is 5.13. The summed E-state index contributed by atoms with van der Waals surface area (Å²) in [4.78, 5) is 28.4. The molecular weight excluding hydrogens is 340 g/mol. The van der Waals surface area contributed by atoms with E-state index in [0.29, 0.717) is 18.8 Å². The summed E-state index contributed by atoms with van der Waals surface area (Å²) in [6, 6.07) is 9.99.